The number of benzene rings is 2. The van der Waals surface area contributed by atoms with E-state index in [1.165, 1.54) is 6.07 Å². The first-order valence-electron chi connectivity index (χ1n) is 7.52. The van der Waals surface area contributed by atoms with E-state index in [1.807, 2.05) is 60.7 Å². The van der Waals surface area contributed by atoms with Crippen LogP contribution in [0.5, 0.6) is 0 Å². The Morgan fingerprint density at radius 3 is 2.08 bits per heavy atom. The molecular weight excluding hydrogens is 308 g/mol. The minimum Gasteiger partial charge on any atom is -0.275 e. The van der Waals surface area contributed by atoms with Gasteiger partial charge in [-0.15, -0.1) is 0 Å². The van der Waals surface area contributed by atoms with E-state index in [0.717, 1.165) is 11.1 Å². The van der Waals surface area contributed by atoms with Crippen LogP contribution < -0.4 is 0 Å². The summed E-state index contributed by atoms with van der Waals surface area (Å²) >= 11 is 0. The second-order valence-electron chi connectivity index (χ2n) is 5.43. The van der Waals surface area contributed by atoms with Crippen LogP contribution in [-0.2, 0) is 0 Å². The van der Waals surface area contributed by atoms with E-state index in [9.17, 15) is 8.78 Å². The molecule has 0 unspecified atom stereocenters. The van der Waals surface area contributed by atoms with E-state index >= 15 is 0 Å². The van der Waals surface area contributed by atoms with Gasteiger partial charge >= 0.3 is 0 Å². The number of rotatable bonds is 3. The van der Waals surface area contributed by atoms with Gasteiger partial charge in [-0.1, -0.05) is 60.7 Å². The topological polar surface area (TPSA) is 41.6 Å². The van der Waals surface area contributed by atoms with Crippen molar-refractivity contribution in [1.82, 2.24) is 15.2 Å². The highest BCUT2D eigenvalue weighted by Gasteiger charge is 2.20. The Balaban J connectivity index is 1.98. The van der Waals surface area contributed by atoms with Crippen LogP contribution in [0, 0.1) is 0 Å². The number of alkyl halides is 2. The molecule has 1 N–H and O–H groups in total. The van der Waals surface area contributed by atoms with Crippen molar-refractivity contribution in [1.29, 1.82) is 0 Å². The maximum Gasteiger partial charge on any atom is 0.264 e. The summed E-state index contributed by atoms with van der Waals surface area (Å²) < 4.78 is 27.4. The molecule has 118 valence electrons. The SMILES string of the molecule is FC(F)c1cc(-c2ccccc2)nc2n[nH]c(-c3ccccc3)c12. The van der Waals surface area contributed by atoms with Crippen LogP contribution in [0.15, 0.2) is 66.7 Å². The fraction of sp³-hybridized carbons (Fsp3) is 0.0526. The van der Waals surface area contributed by atoms with Crippen molar-refractivity contribution < 1.29 is 8.78 Å². The Morgan fingerprint density at radius 1 is 0.833 bits per heavy atom. The van der Waals surface area contributed by atoms with Crippen LogP contribution in [0.2, 0.25) is 0 Å². The lowest BCUT2D eigenvalue weighted by Crippen LogP contribution is -1.93. The molecule has 0 saturated carbocycles. The highest BCUT2D eigenvalue weighted by Crippen LogP contribution is 2.35. The van der Waals surface area contributed by atoms with Crippen LogP contribution >= 0.6 is 0 Å². The van der Waals surface area contributed by atoms with Crippen LogP contribution in [0.4, 0.5) is 8.78 Å². The molecule has 0 aliphatic heterocycles. The molecule has 0 aliphatic rings. The molecule has 0 aliphatic carbocycles. The monoisotopic (exact) mass is 321 g/mol. The number of nitrogens with zero attached hydrogens (tertiary/aromatic N) is 2. The molecule has 0 spiro atoms. The third kappa shape index (κ3) is 2.44. The first-order valence-corrected chi connectivity index (χ1v) is 7.52. The van der Waals surface area contributed by atoms with Crippen molar-refractivity contribution in [3.63, 3.8) is 0 Å². The standard InChI is InChI=1S/C19H13F2N3/c20-18(21)14-11-15(12-7-3-1-4-8-12)22-19-16(14)17(23-24-19)13-9-5-2-6-10-13/h1-11,18H,(H,22,23,24). The second kappa shape index (κ2) is 5.85. The maximum atomic E-state index is 13.7. The Bertz CT molecular complexity index is 980. The van der Waals surface area contributed by atoms with Gasteiger partial charge < -0.3 is 0 Å². The molecule has 24 heavy (non-hydrogen) atoms. The number of halogens is 2. The largest absolute Gasteiger partial charge is 0.275 e. The minimum absolute atomic E-state index is 0.0635. The summed E-state index contributed by atoms with van der Waals surface area (Å²) in [7, 11) is 0. The number of aromatic amines is 1. The van der Waals surface area contributed by atoms with Gasteiger partial charge in [0.25, 0.3) is 6.43 Å². The van der Waals surface area contributed by atoms with Crippen molar-refractivity contribution >= 4 is 11.0 Å². The molecule has 0 radical (unpaired) electrons. The number of nitrogens with one attached hydrogen (secondary N) is 1. The van der Waals surface area contributed by atoms with Crippen molar-refractivity contribution in [2.24, 2.45) is 0 Å². The third-order valence-electron chi connectivity index (χ3n) is 3.92. The van der Waals surface area contributed by atoms with Crippen LogP contribution in [-0.4, -0.2) is 15.2 Å². The zero-order valence-corrected chi connectivity index (χ0v) is 12.6. The average molecular weight is 321 g/mol. The molecule has 0 fully saturated rings. The summed E-state index contributed by atoms with van der Waals surface area (Å²) in [5, 5.41) is 7.38. The van der Waals surface area contributed by atoms with E-state index in [-0.39, 0.29) is 5.56 Å². The normalized spacial score (nSPS) is 11.3. The fourth-order valence-corrected chi connectivity index (χ4v) is 2.80. The van der Waals surface area contributed by atoms with Gasteiger partial charge in [0.15, 0.2) is 5.65 Å². The zero-order chi connectivity index (χ0) is 16.5. The van der Waals surface area contributed by atoms with Crippen molar-refractivity contribution in [3.05, 3.63) is 72.3 Å². The molecule has 2 aromatic carbocycles. The van der Waals surface area contributed by atoms with Gasteiger partial charge in [0.2, 0.25) is 0 Å². The van der Waals surface area contributed by atoms with Crippen LogP contribution in [0.1, 0.15) is 12.0 Å². The maximum absolute atomic E-state index is 13.7. The number of hydrogen-bond acceptors (Lipinski definition) is 2. The van der Waals surface area contributed by atoms with Gasteiger partial charge in [-0.3, -0.25) is 5.10 Å². The van der Waals surface area contributed by atoms with E-state index in [4.69, 9.17) is 0 Å². The molecule has 3 nitrogen and oxygen atoms in total. The Kier molecular flexibility index (Phi) is 3.54. The number of pyridine rings is 1. The highest BCUT2D eigenvalue weighted by atomic mass is 19.3. The van der Waals surface area contributed by atoms with Gasteiger partial charge in [0, 0.05) is 16.7 Å². The highest BCUT2D eigenvalue weighted by molar-refractivity contribution is 5.95. The van der Waals surface area contributed by atoms with Crippen LogP contribution in [0.25, 0.3) is 33.5 Å². The Labute approximate surface area is 137 Å². The lowest BCUT2D eigenvalue weighted by Gasteiger charge is -2.08. The molecule has 0 amide bonds. The molecule has 0 saturated heterocycles. The Hall–Kier alpha value is -3.08. The van der Waals surface area contributed by atoms with E-state index in [1.54, 1.807) is 0 Å². The van der Waals surface area contributed by atoms with Gasteiger partial charge in [0.05, 0.1) is 16.8 Å². The lowest BCUT2D eigenvalue weighted by atomic mass is 10.0. The molecule has 4 aromatic rings. The summed E-state index contributed by atoms with van der Waals surface area (Å²) in [6.45, 7) is 0. The van der Waals surface area contributed by atoms with Gasteiger partial charge in [-0.05, 0) is 6.07 Å². The van der Waals surface area contributed by atoms with Gasteiger partial charge in [0.1, 0.15) is 0 Å². The average Bonchev–Trinajstić information content (AvgIpc) is 3.06. The first-order chi connectivity index (χ1) is 11.7. The molecule has 0 bridgehead atoms. The summed E-state index contributed by atoms with van der Waals surface area (Å²) in [6, 6.07) is 20.0. The van der Waals surface area contributed by atoms with E-state index in [2.05, 4.69) is 15.2 Å². The predicted octanol–water partition coefficient (Wildman–Crippen LogP) is 5.23. The van der Waals surface area contributed by atoms with Crippen molar-refractivity contribution in [2.45, 2.75) is 6.43 Å². The quantitative estimate of drug-likeness (QED) is 0.561. The molecule has 5 heteroatoms. The molecule has 2 aromatic heterocycles. The molecule has 0 atom stereocenters. The third-order valence-corrected chi connectivity index (χ3v) is 3.92. The summed E-state index contributed by atoms with van der Waals surface area (Å²) in [5.74, 6) is 0. The van der Waals surface area contributed by atoms with E-state index in [0.29, 0.717) is 22.4 Å². The van der Waals surface area contributed by atoms with Crippen molar-refractivity contribution in [3.8, 4) is 22.5 Å². The van der Waals surface area contributed by atoms with Crippen LogP contribution in [0.3, 0.4) is 0 Å². The predicted molar refractivity (Wildman–Crippen MR) is 89.7 cm³/mol. The minimum atomic E-state index is -2.61. The number of hydrogen-bond donors (Lipinski definition) is 1. The summed E-state index contributed by atoms with van der Waals surface area (Å²) in [6.07, 6.45) is -2.61. The molecule has 2 heterocycles. The van der Waals surface area contributed by atoms with Crippen molar-refractivity contribution in [2.75, 3.05) is 0 Å². The van der Waals surface area contributed by atoms with E-state index < -0.39 is 6.43 Å². The fourth-order valence-electron chi connectivity index (χ4n) is 2.80. The summed E-state index contributed by atoms with van der Waals surface area (Å²) in [5.41, 5.74) is 2.87. The summed E-state index contributed by atoms with van der Waals surface area (Å²) in [4.78, 5) is 4.46. The number of H-pyrrole nitrogens is 1. The number of aromatic nitrogens is 3. The lowest BCUT2D eigenvalue weighted by molar-refractivity contribution is 0.153. The van der Waals surface area contributed by atoms with Gasteiger partial charge in [-0.25, -0.2) is 13.8 Å². The smallest absolute Gasteiger partial charge is 0.264 e. The van der Waals surface area contributed by atoms with Gasteiger partial charge in [-0.2, -0.15) is 5.10 Å². The molecular formula is C19H13F2N3. The molecule has 4 rings (SSSR count). The number of fused-ring (bicyclic) bond motifs is 1. The zero-order valence-electron chi connectivity index (χ0n) is 12.6. The first kappa shape index (κ1) is 14.5. The second-order valence-corrected chi connectivity index (χ2v) is 5.43. The Morgan fingerprint density at radius 2 is 1.46 bits per heavy atom.